The van der Waals surface area contributed by atoms with Crippen LogP contribution in [0.1, 0.15) is 27.0 Å². The first kappa shape index (κ1) is 25.9. The van der Waals surface area contributed by atoms with E-state index in [9.17, 15) is 24.9 Å². The van der Waals surface area contributed by atoms with Crippen LogP contribution in [-0.4, -0.2) is 102 Å². The van der Waals surface area contributed by atoms with Crippen molar-refractivity contribution in [1.82, 2.24) is 24.8 Å². The van der Waals surface area contributed by atoms with Gasteiger partial charge in [-0.1, -0.05) is 0 Å². The predicted octanol–water partition coefficient (Wildman–Crippen LogP) is 0.223. The molecule has 188 valence electrons. The lowest BCUT2D eigenvalue weighted by Gasteiger charge is -2.22. The van der Waals surface area contributed by atoms with Gasteiger partial charge in [0.1, 0.15) is 30.2 Å². The van der Waals surface area contributed by atoms with Crippen molar-refractivity contribution >= 4 is 40.8 Å². The summed E-state index contributed by atoms with van der Waals surface area (Å²) in [6, 6.07) is -1.20. The second kappa shape index (κ2) is 10.3. The van der Waals surface area contributed by atoms with Crippen molar-refractivity contribution in [2.75, 3.05) is 30.5 Å². The number of nitrogens with one attached hydrogen (secondary N) is 1. The molecule has 34 heavy (non-hydrogen) atoms. The summed E-state index contributed by atoms with van der Waals surface area (Å²) in [7, 11) is 3.64. The van der Waals surface area contributed by atoms with Crippen molar-refractivity contribution in [3.63, 3.8) is 0 Å². The molecule has 13 nitrogen and oxygen atoms in total. The van der Waals surface area contributed by atoms with Gasteiger partial charge in [0.2, 0.25) is 0 Å². The number of carbonyl (C=O) groups is 2. The van der Waals surface area contributed by atoms with E-state index in [-0.39, 0.29) is 11.5 Å². The zero-order valence-corrected chi connectivity index (χ0v) is 20.4. The van der Waals surface area contributed by atoms with Gasteiger partial charge in [-0.3, -0.25) is 4.57 Å². The number of carbonyl (C=O) groups excluding carboxylic acids is 1. The van der Waals surface area contributed by atoms with Gasteiger partial charge < -0.3 is 35.0 Å². The molecule has 1 fully saturated rings. The van der Waals surface area contributed by atoms with E-state index in [4.69, 9.17) is 9.47 Å². The number of imidazole rings is 1. The fourth-order valence-corrected chi connectivity index (χ4v) is 4.48. The minimum absolute atomic E-state index is 0.00927. The van der Waals surface area contributed by atoms with E-state index in [2.05, 4.69) is 20.3 Å². The lowest BCUT2D eigenvalue weighted by atomic mass is 10.1. The maximum Gasteiger partial charge on any atom is 0.408 e. The molecule has 1 amide bonds. The Morgan fingerprint density at radius 2 is 1.97 bits per heavy atom. The highest BCUT2D eigenvalue weighted by molar-refractivity contribution is 7.99. The van der Waals surface area contributed by atoms with Gasteiger partial charge in [-0.05, 0) is 20.8 Å². The summed E-state index contributed by atoms with van der Waals surface area (Å²) in [5.74, 6) is -0.430. The maximum atomic E-state index is 11.9. The summed E-state index contributed by atoms with van der Waals surface area (Å²) in [5, 5.41) is 32.9. The number of aliphatic hydroxyl groups excluding tert-OH is 2. The molecule has 0 aromatic carbocycles. The van der Waals surface area contributed by atoms with Gasteiger partial charge in [0.15, 0.2) is 23.2 Å². The van der Waals surface area contributed by atoms with Gasteiger partial charge in [0.25, 0.3) is 0 Å². The van der Waals surface area contributed by atoms with Crippen LogP contribution in [0.3, 0.4) is 0 Å². The average molecular weight is 499 g/mol. The van der Waals surface area contributed by atoms with Crippen molar-refractivity contribution in [1.29, 1.82) is 0 Å². The summed E-state index contributed by atoms with van der Waals surface area (Å²) < 4.78 is 12.5. The lowest BCUT2D eigenvalue weighted by molar-refractivity contribution is -0.138. The highest BCUT2D eigenvalue weighted by atomic mass is 32.2. The Kier molecular flexibility index (Phi) is 7.85. The third-order valence-corrected chi connectivity index (χ3v) is 6.06. The Balaban J connectivity index is 1.63. The summed E-state index contributed by atoms with van der Waals surface area (Å²) in [6.07, 6.45) is -2.18. The molecule has 2 aromatic rings. The van der Waals surface area contributed by atoms with Crippen LogP contribution >= 0.6 is 11.8 Å². The number of aliphatic hydroxyl groups is 2. The van der Waals surface area contributed by atoms with E-state index < -0.39 is 48.2 Å². The number of hydrogen-bond acceptors (Lipinski definition) is 11. The first-order valence-electron chi connectivity index (χ1n) is 10.6. The molecule has 0 aliphatic carbocycles. The minimum Gasteiger partial charge on any atom is -0.480 e. The number of nitrogens with zero attached hydrogens (tertiary/aromatic N) is 5. The number of fused-ring (bicyclic) bond motifs is 1. The first-order valence-corrected chi connectivity index (χ1v) is 11.7. The predicted molar refractivity (Wildman–Crippen MR) is 124 cm³/mol. The van der Waals surface area contributed by atoms with Crippen LogP contribution in [0.25, 0.3) is 11.2 Å². The molecule has 2 unspecified atom stereocenters. The molecular weight excluding hydrogens is 468 g/mol. The van der Waals surface area contributed by atoms with E-state index in [1.54, 1.807) is 25.7 Å². The molecule has 0 saturated carbocycles. The van der Waals surface area contributed by atoms with E-state index in [0.29, 0.717) is 17.0 Å². The van der Waals surface area contributed by atoms with Gasteiger partial charge in [0.05, 0.1) is 12.4 Å². The van der Waals surface area contributed by atoms with Crippen LogP contribution in [0.15, 0.2) is 12.7 Å². The van der Waals surface area contributed by atoms with Crippen molar-refractivity contribution in [3.05, 3.63) is 12.7 Å². The second-order valence-electron chi connectivity index (χ2n) is 9.04. The third-order valence-electron chi connectivity index (χ3n) is 4.93. The zero-order chi connectivity index (χ0) is 25.2. The number of alkyl carbamates (subject to hydrolysis) is 1. The van der Waals surface area contributed by atoms with Crippen molar-refractivity contribution in [2.24, 2.45) is 0 Å². The smallest absolute Gasteiger partial charge is 0.408 e. The molecule has 3 heterocycles. The standard InChI is InChI=1S/C20H30N6O7S/c1-20(2,3)33-19(31)24-10(18(29)30)6-34-7-11-13(27)14(28)17(32-11)26-9-23-12-15(25(4)5)21-8-22-16(12)26/h8-11,13-14,17,27-28H,6-7H2,1-5H3,(H,24,31)(H,29,30)/t10-,11+,13?,14?,17+/m0/s1. The number of thioether (sulfide) groups is 1. The topological polar surface area (TPSA) is 172 Å². The number of ether oxygens (including phenoxy) is 2. The number of amides is 1. The Morgan fingerprint density at radius 1 is 1.26 bits per heavy atom. The van der Waals surface area contributed by atoms with E-state index in [0.717, 1.165) is 11.8 Å². The monoisotopic (exact) mass is 498 g/mol. The van der Waals surface area contributed by atoms with Crippen LogP contribution in [0.2, 0.25) is 0 Å². The third kappa shape index (κ3) is 5.87. The number of carboxylic acids is 1. The number of hydrogen-bond donors (Lipinski definition) is 4. The molecule has 1 saturated heterocycles. The quantitative estimate of drug-likeness (QED) is 0.391. The Hall–Kier alpha value is -2.68. The molecular formula is C20H30N6O7S. The van der Waals surface area contributed by atoms with Crippen molar-refractivity contribution in [3.8, 4) is 0 Å². The molecule has 0 spiro atoms. The molecule has 5 atom stereocenters. The van der Waals surface area contributed by atoms with Gasteiger partial charge >= 0.3 is 12.1 Å². The van der Waals surface area contributed by atoms with Gasteiger partial charge in [0, 0.05) is 25.6 Å². The highest BCUT2D eigenvalue weighted by Crippen LogP contribution is 2.33. The largest absolute Gasteiger partial charge is 0.480 e. The number of aromatic nitrogens is 4. The Morgan fingerprint density at radius 3 is 2.59 bits per heavy atom. The number of aliphatic carboxylic acids is 1. The minimum atomic E-state index is -1.25. The number of anilines is 1. The number of rotatable bonds is 8. The molecule has 2 aromatic heterocycles. The van der Waals surface area contributed by atoms with E-state index in [1.807, 2.05) is 14.1 Å². The summed E-state index contributed by atoms with van der Waals surface area (Å²) >= 11 is 1.16. The van der Waals surface area contributed by atoms with Crippen LogP contribution in [0.4, 0.5) is 10.6 Å². The van der Waals surface area contributed by atoms with Gasteiger partial charge in [-0.25, -0.2) is 24.5 Å². The molecule has 0 bridgehead atoms. The molecule has 3 rings (SSSR count). The molecule has 1 aliphatic heterocycles. The van der Waals surface area contributed by atoms with Crippen LogP contribution in [-0.2, 0) is 14.3 Å². The number of carboxylic acid groups (broad SMARTS) is 1. The summed E-state index contributed by atoms with van der Waals surface area (Å²) in [5.41, 5.74) is 0.201. The fourth-order valence-electron chi connectivity index (χ4n) is 3.38. The normalized spacial score (nSPS) is 23.6. The molecule has 1 aliphatic rings. The highest BCUT2D eigenvalue weighted by Gasteiger charge is 2.44. The SMILES string of the molecule is CN(C)c1ncnc2c1ncn2[C@@H]1O[C@H](CSC[C@H](NC(=O)OC(C)(C)C)C(=O)O)C(O)C1O. The van der Waals surface area contributed by atoms with Gasteiger partial charge in [-0.15, -0.1) is 0 Å². The van der Waals surface area contributed by atoms with Crippen molar-refractivity contribution in [2.45, 2.75) is 57.0 Å². The maximum absolute atomic E-state index is 11.9. The second-order valence-corrected chi connectivity index (χ2v) is 10.1. The van der Waals surface area contributed by atoms with Crippen LogP contribution in [0, 0.1) is 0 Å². The summed E-state index contributed by atoms with van der Waals surface area (Å²) in [6.45, 7) is 5.03. The van der Waals surface area contributed by atoms with Gasteiger partial charge in [-0.2, -0.15) is 11.8 Å². The lowest BCUT2D eigenvalue weighted by Crippen LogP contribution is -2.45. The molecule has 4 N–H and O–H groups in total. The van der Waals surface area contributed by atoms with E-state index in [1.165, 1.54) is 17.2 Å². The summed E-state index contributed by atoms with van der Waals surface area (Å²) in [4.78, 5) is 38.0. The fraction of sp³-hybridized carbons (Fsp3) is 0.650. The first-order chi connectivity index (χ1) is 15.9. The molecule has 0 radical (unpaired) electrons. The Labute approximate surface area is 200 Å². The van der Waals surface area contributed by atoms with Crippen molar-refractivity contribution < 1.29 is 34.4 Å². The Bertz CT molecular complexity index is 1030. The average Bonchev–Trinajstić information content (AvgIpc) is 3.27. The zero-order valence-electron chi connectivity index (χ0n) is 19.6. The molecule has 14 heteroatoms. The van der Waals surface area contributed by atoms with Crippen LogP contribution in [0.5, 0.6) is 0 Å². The van der Waals surface area contributed by atoms with Crippen LogP contribution < -0.4 is 10.2 Å². The van der Waals surface area contributed by atoms with E-state index >= 15 is 0 Å².